The second-order valence-corrected chi connectivity index (χ2v) is 13.3. The fourth-order valence-corrected chi connectivity index (χ4v) is 9.95. The Labute approximate surface area is 199 Å². The second kappa shape index (κ2) is 7.20. The maximum Gasteiger partial charge on any atom is 0.314 e. The molecular weight excluding hydrogens is 412 g/mol. The number of hydrogen-bond donors (Lipinski definition) is 3. The molecular formula is C29H44O4. The molecule has 0 amide bonds. The van der Waals surface area contributed by atoms with Crippen LogP contribution >= 0.6 is 0 Å². The van der Waals surface area contributed by atoms with Crippen LogP contribution in [-0.4, -0.2) is 33.5 Å². The molecule has 3 N–H and O–H groups in total. The molecule has 184 valence electrons. The number of allylic oxidation sites excluding steroid dienone is 3. The molecule has 0 bridgehead atoms. The molecule has 10 atom stereocenters. The summed E-state index contributed by atoms with van der Waals surface area (Å²) in [6.07, 6.45) is 8.32. The summed E-state index contributed by atoms with van der Waals surface area (Å²) in [5.74, 6) is 0.765. The maximum absolute atomic E-state index is 12.7. The van der Waals surface area contributed by atoms with Gasteiger partial charge in [-0.15, -0.1) is 0 Å². The summed E-state index contributed by atoms with van der Waals surface area (Å²) in [6, 6.07) is 0. The predicted octanol–water partition coefficient (Wildman–Crippen LogP) is 5.73. The van der Waals surface area contributed by atoms with Crippen molar-refractivity contribution in [3.8, 4) is 0 Å². The van der Waals surface area contributed by atoms with Gasteiger partial charge in [0.25, 0.3) is 0 Å². The maximum atomic E-state index is 12.7. The summed E-state index contributed by atoms with van der Waals surface area (Å²) >= 11 is 0. The van der Waals surface area contributed by atoms with Gasteiger partial charge in [0.2, 0.25) is 0 Å². The van der Waals surface area contributed by atoms with Crippen molar-refractivity contribution in [2.75, 3.05) is 0 Å². The van der Waals surface area contributed by atoms with Crippen molar-refractivity contribution in [3.05, 3.63) is 22.8 Å². The molecule has 0 saturated heterocycles. The molecule has 0 heterocycles. The number of hydrogen-bond acceptors (Lipinski definition) is 3. The Bertz CT molecular complexity index is 934. The first-order valence-electron chi connectivity index (χ1n) is 13.4. The van der Waals surface area contributed by atoms with Gasteiger partial charge in [0, 0.05) is 0 Å². The highest BCUT2D eigenvalue weighted by atomic mass is 16.4. The molecule has 0 aromatic carbocycles. The molecule has 5 rings (SSSR count). The highest BCUT2D eigenvalue weighted by Gasteiger charge is 2.67. The third-order valence-corrected chi connectivity index (χ3v) is 12.4. The fourth-order valence-electron chi connectivity index (χ4n) is 9.95. The van der Waals surface area contributed by atoms with Gasteiger partial charge in [-0.05, 0) is 109 Å². The number of fused-ring (bicyclic) bond motifs is 7. The minimum Gasteiger partial charge on any atom is -0.481 e. The van der Waals surface area contributed by atoms with Crippen molar-refractivity contribution in [2.24, 2.45) is 45.3 Å². The molecule has 3 fully saturated rings. The summed E-state index contributed by atoms with van der Waals surface area (Å²) in [5, 5.41) is 31.9. The van der Waals surface area contributed by atoms with Crippen molar-refractivity contribution in [1.29, 1.82) is 0 Å². The number of aliphatic carboxylic acids is 1. The van der Waals surface area contributed by atoms with E-state index in [-0.39, 0.29) is 22.2 Å². The third-order valence-electron chi connectivity index (χ3n) is 12.4. The van der Waals surface area contributed by atoms with Crippen LogP contribution in [0, 0.1) is 45.3 Å². The van der Waals surface area contributed by atoms with Gasteiger partial charge in [-0.3, -0.25) is 4.79 Å². The first-order valence-corrected chi connectivity index (χ1v) is 13.4. The number of carbonyl (C=O) groups is 1. The Balaban J connectivity index is 1.65. The molecule has 0 aliphatic heterocycles. The van der Waals surface area contributed by atoms with E-state index in [1.807, 2.05) is 0 Å². The van der Waals surface area contributed by atoms with E-state index in [0.29, 0.717) is 24.2 Å². The second-order valence-electron chi connectivity index (χ2n) is 13.3. The SMILES string of the molecule is CC1=C2C3=CC[C@@H]4[C@@]5(C)CC(O)C(O)[C@H](C)[C@@H]5CC[C@@]4(C)[C@]3(C)CC[C@@]2(C(=O)O)CC[C@H]1C. The first kappa shape index (κ1) is 23.6. The topological polar surface area (TPSA) is 77.8 Å². The van der Waals surface area contributed by atoms with Crippen molar-refractivity contribution >= 4 is 5.97 Å². The van der Waals surface area contributed by atoms with Crippen LogP contribution in [-0.2, 0) is 4.79 Å². The first-order chi connectivity index (χ1) is 15.3. The van der Waals surface area contributed by atoms with Crippen LogP contribution in [0.1, 0.15) is 92.9 Å². The highest BCUT2D eigenvalue weighted by molar-refractivity contribution is 5.82. The molecule has 5 aliphatic rings. The molecule has 3 saturated carbocycles. The number of carboxylic acid groups (broad SMARTS) is 1. The van der Waals surface area contributed by atoms with E-state index >= 15 is 0 Å². The molecule has 0 spiro atoms. The zero-order chi connectivity index (χ0) is 24.1. The van der Waals surface area contributed by atoms with Crippen LogP contribution in [0.4, 0.5) is 0 Å². The third kappa shape index (κ3) is 2.74. The van der Waals surface area contributed by atoms with Crippen LogP contribution in [0.2, 0.25) is 0 Å². The molecule has 4 nitrogen and oxygen atoms in total. The van der Waals surface area contributed by atoms with E-state index in [4.69, 9.17) is 0 Å². The van der Waals surface area contributed by atoms with E-state index in [9.17, 15) is 20.1 Å². The molecule has 2 unspecified atom stereocenters. The zero-order valence-corrected chi connectivity index (χ0v) is 21.4. The molecule has 0 radical (unpaired) electrons. The fraction of sp³-hybridized carbons (Fsp3) is 0.828. The molecule has 5 aliphatic carbocycles. The van der Waals surface area contributed by atoms with Crippen LogP contribution in [0.5, 0.6) is 0 Å². The molecule has 33 heavy (non-hydrogen) atoms. The van der Waals surface area contributed by atoms with Gasteiger partial charge in [-0.2, -0.15) is 0 Å². The van der Waals surface area contributed by atoms with Gasteiger partial charge < -0.3 is 15.3 Å². The lowest BCUT2D eigenvalue weighted by Crippen LogP contribution is -2.64. The summed E-state index contributed by atoms with van der Waals surface area (Å²) < 4.78 is 0. The van der Waals surface area contributed by atoms with Gasteiger partial charge >= 0.3 is 5.97 Å². The smallest absolute Gasteiger partial charge is 0.314 e. The number of rotatable bonds is 1. The monoisotopic (exact) mass is 456 g/mol. The minimum absolute atomic E-state index is 0.0132. The zero-order valence-electron chi connectivity index (χ0n) is 21.4. The predicted molar refractivity (Wildman–Crippen MR) is 129 cm³/mol. The summed E-state index contributed by atoms with van der Waals surface area (Å²) in [6.45, 7) is 13.9. The minimum atomic E-state index is -0.716. The van der Waals surface area contributed by atoms with Gasteiger partial charge in [-0.1, -0.05) is 46.3 Å². The Hall–Kier alpha value is -1.13. The van der Waals surface area contributed by atoms with Gasteiger partial charge in [0.05, 0.1) is 17.6 Å². The average molecular weight is 457 g/mol. The normalized spacial score (nSPS) is 53.9. The van der Waals surface area contributed by atoms with Gasteiger partial charge in [0.15, 0.2) is 0 Å². The highest BCUT2D eigenvalue weighted by Crippen LogP contribution is 2.74. The van der Waals surface area contributed by atoms with Crippen molar-refractivity contribution in [2.45, 2.75) is 105 Å². The average Bonchev–Trinajstić information content (AvgIpc) is 2.75. The largest absolute Gasteiger partial charge is 0.481 e. The lowest BCUT2D eigenvalue weighted by Gasteiger charge is -2.69. The lowest BCUT2D eigenvalue weighted by atomic mass is 9.35. The quantitative estimate of drug-likeness (QED) is 0.470. The summed E-state index contributed by atoms with van der Waals surface area (Å²) in [4.78, 5) is 12.7. The Morgan fingerprint density at radius 3 is 2.39 bits per heavy atom. The van der Waals surface area contributed by atoms with Crippen molar-refractivity contribution < 1.29 is 20.1 Å². The summed E-state index contributed by atoms with van der Waals surface area (Å²) in [7, 11) is 0. The van der Waals surface area contributed by atoms with Crippen LogP contribution in [0.25, 0.3) is 0 Å². The van der Waals surface area contributed by atoms with E-state index in [0.717, 1.165) is 44.9 Å². The standard InChI is InChI=1S/C29H44O4/c1-16-9-12-29(25(32)33)14-13-27(5)20(23(29)17(16)2)7-8-22-26(4)15-21(30)24(31)18(3)19(26)10-11-28(22,27)6/h7,16,18-19,21-22,24,30-31H,8-15H2,1-6H3,(H,32,33)/t16-,18-,19+,21?,22-,24?,26+,27-,28-,29+/m1/s1. The van der Waals surface area contributed by atoms with Gasteiger partial charge in [0.1, 0.15) is 0 Å². The molecule has 4 heteroatoms. The van der Waals surface area contributed by atoms with Crippen molar-refractivity contribution in [3.63, 3.8) is 0 Å². The van der Waals surface area contributed by atoms with Crippen LogP contribution in [0.3, 0.4) is 0 Å². The molecule has 0 aromatic heterocycles. The molecule has 0 aromatic rings. The van der Waals surface area contributed by atoms with E-state index in [2.05, 4.69) is 47.6 Å². The van der Waals surface area contributed by atoms with E-state index < -0.39 is 23.6 Å². The summed E-state index contributed by atoms with van der Waals surface area (Å²) in [5.41, 5.74) is 3.08. The Morgan fingerprint density at radius 1 is 1.03 bits per heavy atom. The number of carboxylic acids is 1. The Morgan fingerprint density at radius 2 is 1.73 bits per heavy atom. The van der Waals surface area contributed by atoms with Crippen LogP contribution < -0.4 is 0 Å². The van der Waals surface area contributed by atoms with Gasteiger partial charge in [-0.25, -0.2) is 0 Å². The van der Waals surface area contributed by atoms with E-state index in [1.165, 1.54) is 16.7 Å². The van der Waals surface area contributed by atoms with E-state index in [1.54, 1.807) is 0 Å². The Kier molecular flexibility index (Phi) is 5.15. The number of aliphatic hydroxyl groups is 2. The van der Waals surface area contributed by atoms with Crippen LogP contribution in [0.15, 0.2) is 22.8 Å². The lowest BCUT2D eigenvalue weighted by molar-refractivity contribution is -0.200. The van der Waals surface area contributed by atoms with Crippen molar-refractivity contribution in [1.82, 2.24) is 0 Å². The number of aliphatic hydroxyl groups excluding tert-OH is 2.